The number of halogens is 1. The number of aromatic nitrogens is 1. The fourth-order valence-electron chi connectivity index (χ4n) is 2.21. The second-order valence-corrected chi connectivity index (χ2v) is 6.41. The van der Waals surface area contributed by atoms with E-state index in [-0.39, 0.29) is 5.91 Å². The van der Waals surface area contributed by atoms with Gasteiger partial charge < -0.3 is 9.88 Å². The van der Waals surface area contributed by atoms with E-state index in [2.05, 4.69) is 4.98 Å². The average molecular weight is 305 g/mol. The molecular weight excluding hydrogens is 292 g/mol. The zero-order valence-electron chi connectivity index (χ0n) is 10.9. The summed E-state index contributed by atoms with van der Waals surface area (Å²) in [5, 5.41) is 1.04. The van der Waals surface area contributed by atoms with Crippen LogP contribution in [0.5, 0.6) is 0 Å². The summed E-state index contributed by atoms with van der Waals surface area (Å²) < 4.78 is 0.743. The highest BCUT2D eigenvalue weighted by molar-refractivity contribution is 7.16. The van der Waals surface area contributed by atoms with Crippen LogP contribution in [0.1, 0.15) is 15.2 Å². The molecule has 0 aliphatic heterocycles. The third kappa shape index (κ3) is 2.44. The van der Waals surface area contributed by atoms with Gasteiger partial charge in [0.05, 0.1) is 22.0 Å². The molecule has 20 heavy (non-hydrogen) atoms. The minimum atomic E-state index is 0.00238. The number of aromatic amines is 1. The molecule has 3 aromatic rings. The number of thiophene rings is 1. The smallest absolute Gasteiger partial charge is 0.256 e. The molecule has 2 heterocycles. The quantitative estimate of drug-likeness (QED) is 0.775. The maximum atomic E-state index is 12.5. The Morgan fingerprint density at radius 1 is 1.30 bits per heavy atom. The van der Waals surface area contributed by atoms with Gasteiger partial charge in [-0.15, -0.1) is 11.3 Å². The third-order valence-electron chi connectivity index (χ3n) is 3.19. The number of rotatable bonds is 3. The molecule has 0 aliphatic carbocycles. The molecule has 1 N–H and O–H groups in total. The Balaban J connectivity index is 1.86. The van der Waals surface area contributed by atoms with Crippen molar-refractivity contribution in [2.45, 2.75) is 6.54 Å². The number of nitrogens with one attached hydrogen (secondary N) is 1. The van der Waals surface area contributed by atoms with Gasteiger partial charge in [0.1, 0.15) is 0 Å². The first kappa shape index (κ1) is 13.2. The number of amides is 1. The monoisotopic (exact) mass is 304 g/mol. The largest absolute Gasteiger partial charge is 0.361 e. The standard InChI is InChI=1S/C15H13ClN2OS/c1-18(9-11-5-6-13(16)20-11)15(19)12-4-2-3-10-7-8-17-14(10)12/h2-8,17H,9H2,1H3. The van der Waals surface area contributed by atoms with E-state index in [4.69, 9.17) is 11.6 Å². The van der Waals surface area contributed by atoms with Crippen LogP contribution < -0.4 is 0 Å². The van der Waals surface area contributed by atoms with E-state index in [1.807, 2.05) is 42.6 Å². The summed E-state index contributed by atoms with van der Waals surface area (Å²) in [4.78, 5) is 18.5. The van der Waals surface area contributed by atoms with Gasteiger partial charge in [-0.2, -0.15) is 0 Å². The fraction of sp³-hybridized carbons (Fsp3) is 0.133. The summed E-state index contributed by atoms with van der Waals surface area (Å²) in [6, 6.07) is 11.5. The summed E-state index contributed by atoms with van der Waals surface area (Å²) in [6.45, 7) is 0.563. The van der Waals surface area contributed by atoms with Crippen molar-refractivity contribution in [2.75, 3.05) is 7.05 Å². The van der Waals surface area contributed by atoms with Crippen LogP contribution in [-0.4, -0.2) is 22.8 Å². The van der Waals surface area contributed by atoms with Crippen molar-refractivity contribution in [1.29, 1.82) is 0 Å². The number of hydrogen-bond donors (Lipinski definition) is 1. The number of benzene rings is 1. The van der Waals surface area contributed by atoms with Gasteiger partial charge in [0.25, 0.3) is 5.91 Å². The first-order valence-electron chi connectivity index (χ1n) is 6.21. The molecule has 0 saturated carbocycles. The summed E-state index contributed by atoms with van der Waals surface area (Å²) in [5.41, 5.74) is 1.58. The van der Waals surface area contributed by atoms with E-state index < -0.39 is 0 Å². The van der Waals surface area contributed by atoms with Crippen molar-refractivity contribution in [3.63, 3.8) is 0 Å². The predicted octanol–water partition coefficient (Wildman–Crippen LogP) is 4.16. The molecule has 0 aliphatic rings. The van der Waals surface area contributed by atoms with Gasteiger partial charge in [-0.1, -0.05) is 23.7 Å². The lowest BCUT2D eigenvalue weighted by atomic mass is 10.1. The molecule has 2 aromatic heterocycles. The van der Waals surface area contributed by atoms with Crippen molar-refractivity contribution >= 4 is 39.7 Å². The second kappa shape index (κ2) is 5.31. The Labute approximate surface area is 125 Å². The van der Waals surface area contributed by atoms with Gasteiger partial charge in [0.15, 0.2) is 0 Å². The summed E-state index contributed by atoms with van der Waals surface area (Å²) >= 11 is 7.41. The highest BCUT2D eigenvalue weighted by Gasteiger charge is 2.16. The number of para-hydroxylation sites is 1. The second-order valence-electron chi connectivity index (χ2n) is 4.61. The fourth-order valence-corrected chi connectivity index (χ4v) is 3.35. The Bertz CT molecular complexity index is 762. The van der Waals surface area contributed by atoms with Crippen molar-refractivity contribution in [2.24, 2.45) is 0 Å². The van der Waals surface area contributed by atoms with E-state index in [1.54, 1.807) is 11.9 Å². The number of hydrogen-bond acceptors (Lipinski definition) is 2. The van der Waals surface area contributed by atoms with Crippen molar-refractivity contribution in [3.8, 4) is 0 Å². The molecule has 102 valence electrons. The predicted molar refractivity (Wildman–Crippen MR) is 83.4 cm³/mol. The van der Waals surface area contributed by atoms with E-state index in [1.165, 1.54) is 11.3 Å². The summed E-state index contributed by atoms with van der Waals surface area (Å²) in [7, 11) is 1.80. The lowest BCUT2D eigenvalue weighted by Crippen LogP contribution is -2.26. The number of nitrogens with zero attached hydrogens (tertiary/aromatic N) is 1. The first-order chi connectivity index (χ1) is 9.65. The van der Waals surface area contributed by atoms with E-state index in [9.17, 15) is 4.79 Å². The summed E-state index contributed by atoms with van der Waals surface area (Å²) in [5.74, 6) is 0.00238. The van der Waals surface area contributed by atoms with Crippen LogP contribution in [-0.2, 0) is 6.54 Å². The van der Waals surface area contributed by atoms with Gasteiger partial charge in [0, 0.05) is 23.5 Å². The van der Waals surface area contributed by atoms with Crippen LogP contribution in [0.3, 0.4) is 0 Å². The van der Waals surface area contributed by atoms with Crippen LogP contribution in [0, 0.1) is 0 Å². The molecule has 1 aromatic carbocycles. The molecular formula is C15H13ClN2OS. The Kier molecular flexibility index (Phi) is 3.51. The van der Waals surface area contributed by atoms with Gasteiger partial charge in [0.2, 0.25) is 0 Å². The van der Waals surface area contributed by atoms with Crippen LogP contribution in [0.4, 0.5) is 0 Å². The van der Waals surface area contributed by atoms with Gasteiger partial charge in [-0.3, -0.25) is 4.79 Å². The summed E-state index contributed by atoms with van der Waals surface area (Å²) in [6.07, 6.45) is 1.85. The lowest BCUT2D eigenvalue weighted by molar-refractivity contribution is 0.0788. The van der Waals surface area contributed by atoms with Gasteiger partial charge in [-0.05, 0) is 24.3 Å². The van der Waals surface area contributed by atoms with Crippen molar-refractivity contribution in [3.05, 3.63) is 57.4 Å². The van der Waals surface area contributed by atoms with E-state index in [0.717, 1.165) is 20.1 Å². The maximum absolute atomic E-state index is 12.5. The highest BCUT2D eigenvalue weighted by Crippen LogP contribution is 2.24. The van der Waals surface area contributed by atoms with E-state index >= 15 is 0 Å². The molecule has 1 amide bonds. The molecule has 5 heteroatoms. The first-order valence-corrected chi connectivity index (χ1v) is 7.40. The number of carbonyl (C=O) groups excluding carboxylic acids is 1. The Morgan fingerprint density at radius 2 is 2.15 bits per heavy atom. The highest BCUT2D eigenvalue weighted by atomic mass is 35.5. The van der Waals surface area contributed by atoms with Crippen molar-refractivity contribution in [1.82, 2.24) is 9.88 Å². The molecule has 0 atom stereocenters. The Morgan fingerprint density at radius 3 is 2.90 bits per heavy atom. The van der Waals surface area contributed by atoms with Crippen LogP contribution >= 0.6 is 22.9 Å². The van der Waals surface area contributed by atoms with E-state index in [0.29, 0.717) is 12.1 Å². The van der Waals surface area contributed by atoms with Crippen LogP contribution in [0.25, 0.3) is 10.9 Å². The molecule has 0 saturated heterocycles. The lowest BCUT2D eigenvalue weighted by Gasteiger charge is -2.16. The molecule has 3 nitrogen and oxygen atoms in total. The van der Waals surface area contributed by atoms with Crippen LogP contribution in [0.2, 0.25) is 4.34 Å². The molecule has 3 rings (SSSR count). The molecule has 0 spiro atoms. The number of fused-ring (bicyclic) bond motifs is 1. The minimum absolute atomic E-state index is 0.00238. The molecule has 0 radical (unpaired) electrons. The number of H-pyrrole nitrogens is 1. The van der Waals surface area contributed by atoms with Gasteiger partial charge >= 0.3 is 0 Å². The topological polar surface area (TPSA) is 36.1 Å². The van der Waals surface area contributed by atoms with Crippen molar-refractivity contribution < 1.29 is 4.79 Å². The Hall–Kier alpha value is -1.78. The molecule has 0 unspecified atom stereocenters. The zero-order valence-corrected chi connectivity index (χ0v) is 12.5. The zero-order chi connectivity index (χ0) is 14.1. The number of carbonyl (C=O) groups is 1. The molecule has 0 bridgehead atoms. The van der Waals surface area contributed by atoms with Crippen LogP contribution in [0.15, 0.2) is 42.6 Å². The normalized spacial score (nSPS) is 10.9. The van der Waals surface area contributed by atoms with Gasteiger partial charge in [-0.25, -0.2) is 0 Å². The SMILES string of the molecule is CN(Cc1ccc(Cl)s1)C(=O)c1cccc2cc[nH]c12. The molecule has 0 fully saturated rings. The minimum Gasteiger partial charge on any atom is -0.361 e. The maximum Gasteiger partial charge on any atom is 0.256 e. The average Bonchev–Trinajstić information content (AvgIpc) is 3.06. The third-order valence-corrected chi connectivity index (χ3v) is 4.40.